The Kier molecular flexibility index (Phi) is 5.53. The Bertz CT molecular complexity index is 308. The smallest absolute Gasteiger partial charge is 0.175 e. The van der Waals surface area contributed by atoms with E-state index in [0.717, 1.165) is 0 Å². The zero-order valence-corrected chi connectivity index (χ0v) is 8.93. The van der Waals surface area contributed by atoms with Gasteiger partial charge in [0.25, 0.3) is 0 Å². The molecule has 0 aliphatic heterocycles. The van der Waals surface area contributed by atoms with Crippen LogP contribution in [0.2, 0.25) is 0 Å². The number of carbonyl (C=O) groups is 1. The lowest BCUT2D eigenvalue weighted by atomic mass is 10.1. The standard InChI is InChI=1S/C9H9FO2.C2H6/c1-6-3-4-7(5-11)8(10)9(6)12-2;1-2/h3-5H,1-2H3;1-2H3. The van der Waals surface area contributed by atoms with Crippen LogP contribution in [0, 0.1) is 12.7 Å². The number of ether oxygens (including phenoxy) is 1. The molecule has 1 rings (SSSR count). The molecule has 1 aromatic rings. The molecule has 0 unspecified atom stereocenters. The number of methoxy groups -OCH3 is 1. The first-order chi connectivity index (χ1) is 6.70. The van der Waals surface area contributed by atoms with Crippen molar-refractivity contribution in [3.8, 4) is 5.75 Å². The van der Waals surface area contributed by atoms with Crippen molar-refractivity contribution < 1.29 is 13.9 Å². The van der Waals surface area contributed by atoms with Gasteiger partial charge >= 0.3 is 0 Å². The van der Waals surface area contributed by atoms with Crippen LogP contribution in [0.25, 0.3) is 0 Å². The molecule has 0 amide bonds. The van der Waals surface area contributed by atoms with Gasteiger partial charge in [-0.05, 0) is 18.6 Å². The van der Waals surface area contributed by atoms with Crippen molar-refractivity contribution in [2.75, 3.05) is 7.11 Å². The van der Waals surface area contributed by atoms with E-state index in [-0.39, 0.29) is 11.3 Å². The lowest BCUT2D eigenvalue weighted by molar-refractivity contribution is 0.111. The number of rotatable bonds is 2. The van der Waals surface area contributed by atoms with Gasteiger partial charge in [-0.1, -0.05) is 19.9 Å². The summed E-state index contributed by atoms with van der Waals surface area (Å²) in [6.07, 6.45) is 0.470. The summed E-state index contributed by atoms with van der Waals surface area (Å²) in [6.45, 7) is 5.72. The van der Waals surface area contributed by atoms with E-state index in [1.807, 2.05) is 13.8 Å². The summed E-state index contributed by atoms with van der Waals surface area (Å²) >= 11 is 0. The fraction of sp³-hybridized carbons (Fsp3) is 0.364. The molecular formula is C11H15FO2. The summed E-state index contributed by atoms with van der Waals surface area (Å²) in [5.74, 6) is -0.452. The molecule has 0 fully saturated rings. The zero-order valence-electron chi connectivity index (χ0n) is 8.93. The van der Waals surface area contributed by atoms with Crippen LogP contribution in [-0.2, 0) is 0 Å². The summed E-state index contributed by atoms with van der Waals surface area (Å²) in [5.41, 5.74) is 0.707. The molecule has 0 N–H and O–H groups in total. The van der Waals surface area contributed by atoms with Gasteiger partial charge in [0.15, 0.2) is 17.9 Å². The summed E-state index contributed by atoms with van der Waals surface area (Å²) in [5, 5.41) is 0. The minimum atomic E-state index is -0.590. The lowest BCUT2D eigenvalue weighted by Gasteiger charge is -2.06. The molecule has 0 aromatic heterocycles. The van der Waals surface area contributed by atoms with Gasteiger partial charge in [0, 0.05) is 0 Å². The summed E-state index contributed by atoms with van der Waals surface area (Å²) in [4.78, 5) is 10.3. The van der Waals surface area contributed by atoms with Crippen molar-refractivity contribution in [3.05, 3.63) is 29.1 Å². The average molecular weight is 198 g/mol. The molecule has 0 radical (unpaired) electrons. The minimum Gasteiger partial charge on any atom is -0.493 e. The second-order valence-electron chi connectivity index (χ2n) is 2.44. The summed E-state index contributed by atoms with van der Waals surface area (Å²) in [7, 11) is 1.37. The Balaban J connectivity index is 0.000000791. The van der Waals surface area contributed by atoms with Crippen LogP contribution < -0.4 is 4.74 Å². The SMILES string of the molecule is CC.COc1c(C)ccc(C=O)c1F. The second-order valence-corrected chi connectivity index (χ2v) is 2.44. The van der Waals surface area contributed by atoms with Gasteiger partial charge in [-0.25, -0.2) is 4.39 Å². The van der Waals surface area contributed by atoms with Crippen LogP contribution in [0.4, 0.5) is 4.39 Å². The molecule has 14 heavy (non-hydrogen) atoms. The molecule has 0 spiro atoms. The Morgan fingerprint density at radius 2 is 1.93 bits per heavy atom. The number of aldehydes is 1. The van der Waals surface area contributed by atoms with Gasteiger partial charge in [-0.2, -0.15) is 0 Å². The molecule has 0 saturated heterocycles. The molecule has 1 aromatic carbocycles. The van der Waals surface area contributed by atoms with Crippen molar-refractivity contribution in [2.24, 2.45) is 0 Å². The molecule has 0 bridgehead atoms. The highest BCUT2D eigenvalue weighted by atomic mass is 19.1. The Morgan fingerprint density at radius 1 is 1.36 bits per heavy atom. The van der Waals surface area contributed by atoms with Gasteiger partial charge in [0.1, 0.15) is 0 Å². The average Bonchev–Trinajstić information content (AvgIpc) is 2.22. The Hall–Kier alpha value is -1.38. The van der Waals surface area contributed by atoms with Crippen molar-refractivity contribution in [2.45, 2.75) is 20.8 Å². The third kappa shape index (κ3) is 2.55. The predicted molar refractivity (Wildman–Crippen MR) is 54.4 cm³/mol. The Morgan fingerprint density at radius 3 is 2.36 bits per heavy atom. The maximum atomic E-state index is 13.2. The maximum Gasteiger partial charge on any atom is 0.175 e. The quantitative estimate of drug-likeness (QED) is 0.683. The van der Waals surface area contributed by atoms with E-state index in [0.29, 0.717) is 11.8 Å². The number of benzene rings is 1. The number of halogens is 1. The minimum absolute atomic E-state index is 0.0254. The van der Waals surface area contributed by atoms with E-state index in [4.69, 9.17) is 4.74 Å². The van der Waals surface area contributed by atoms with Gasteiger partial charge in [0.05, 0.1) is 12.7 Å². The fourth-order valence-corrected chi connectivity index (χ4v) is 1.01. The monoisotopic (exact) mass is 198 g/mol. The van der Waals surface area contributed by atoms with E-state index >= 15 is 0 Å². The lowest BCUT2D eigenvalue weighted by Crippen LogP contribution is -1.95. The first-order valence-electron chi connectivity index (χ1n) is 4.49. The maximum absolute atomic E-state index is 13.2. The highest BCUT2D eigenvalue weighted by molar-refractivity contribution is 5.76. The normalized spacial score (nSPS) is 8.64. The first-order valence-corrected chi connectivity index (χ1v) is 4.49. The zero-order chi connectivity index (χ0) is 11.1. The molecule has 0 saturated carbocycles. The number of carbonyl (C=O) groups excluding carboxylic acids is 1. The van der Waals surface area contributed by atoms with Crippen LogP contribution in [0.3, 0.4) is 0 Å². The van der Waals surface area contributed by atoms with E-state index in [2.05, 4.69) is 0 Å². The molecule has 0 heterocycles. The van der Waals surface area contributed by atoms with Gasteiger partial charge in [0.2, 0.25) is 0 Å². The highest BCUT2D eigenvalue weighted by Crippen LogP contribution is 2.23. The molecule has 0 atom stereocenters. The van der Waals surface area contributed by atoms with Gasteiger partial charge < -0.3 is 4.74 Å². The van der Waals surface area contributed by atoms with Crippen LogP contribution in [-0.4, -0.2) is 13.4 Å². The van der Waals surface area contributed by atoms with Crippen molar-refractivity contribution in [1.82, 2.24) is 0 Å². The topological polar surface area (TPSA) is 26.3 Å². The molecule has 2 nitrogen and oxygen atoms in total. The molecule has 3 heteroatoms. The van der Waals surface area contributed by atoms with Crippen LogP contribution in [0.15, 0.2) is 12.1 Å². The van der Waals surface area contributed by atoms with E-state index in [1.165, 1.54) is 13.2 Å². The van der Waals surface area contributed by atoms with E-state index < -0.39 is 5.82 Å². The molecule has 0 aliphatic rings. The van der Waals surface area contributed by atoms with Crippen LogP contribution in [0.5, 0.6) is 5.75 Å². The highest BCUT2D eigenvalue weighted by Gasteiger charge is 2.10. The van der Waals surface area contributed by atoms with Crippen molar-refractivity contribution in [1.29, 1.82) is 0 Å². The number of hydrogen-bond acceptors (Lipinski definition) is 2. The number of aryl methyl sites for hydroxylation is 1. The van der Waals surface area contributed by atoms with Gasteiger partial charge in [-0.3, -0.25) is 4.79 Å². The van der Waals surface area contributed by atoms with Crippen LogP contribution in [0.1, 0.15) is 29.8 Å². The van der Waals surface area contributed by atoms with Crippen LogP contribution >= 0.6 is 0 Å². The molecule has 78 valence electrons. The van der Waals surface area contributed by atoms with Crippen molar-refractivity contribution >= 4 is 6.29 Å². The fourth-order valence-electron chi connectivity index (χ4n) is 1.01. The largest absolute Gasteiger partial charge is 0.493 e. The third-order valence-electron chi connectivity index (χ3n) is 1.65. The van der Waals surface area contributed by atoms with Crippen molar-refractivity contribution in [3.63, 3.8) is 0 Å². The summed E-state index contributed by atoms with van der Waals surface area (Å²) < 4.78 is 18.0. The number of hydrogen-bond donors (Lipinski definition) is 0. The summed E-state index contributed by atoms with van der Waals surface area (Å²) in [6, 6.07) is 3.08. The second kappa shape index (κ2) is 6.13. The third-order valence-corrected chi connectivity index (χ3v) is 1.65. The Labute approximate surface area is 83.7 Å². The first kappa shape index (κ1) is 12.6. The molecular weight excluding hydrogens is 183 g/mol. The molecule has 0 aliphatic carbocycles. The predicted octanol–water partition coefficient (Wildman–Crippen LogP) is 2.98. The van der Waals surface area contributed by atoms with E-state index in [9.17, 15) is 9.18 Å². The van der Waals surface area contributed by atoms with E-state index in [1.54, 1.807) is 13.0 Å². The van der Waals surface area contributed by atoms with Gasteiger partial charge in [-0.15, -0.1) is 0 Å².